The third-order valence-corrected chi connectivity index (χ3v) is 7.11. The van der Waals surface area contributed by atoms with Crippen molar-refractivity contribution in [2.45, 2.75) is 45.5 Å². The number of carbonyl (C=O) groups excluding carboxylic acids is 1. The van der Waals surface area contributed by atoms with Crippen molar-refractivity contribution in [3.05, 3.63) is 82.1 Å². The van der Waals surface area contributed by atoms with E-state index in [4.69, 9.17) is 4.98 Å². The van der Waals surface area contributed by atoms with E-state index < -0.39 is 0 Å². The fourth-order valence-electron chi connectivity index (χ4n) is 3.93. The van der Waals surface area contributed by atoms with Crippen molar-refractivity contribution in [1.82, 2.24) is 14.5 Å². The number of hydrogen-bond donors (Lipinski definition) is 0. The molecule has 4 aromatic rings. The highest BCUT2D eigenvalue weighted by Crippen LogP contribution is 2.35. The van der Waals surface area contributed by atoms with E-state index in [1.165, 1.54) is 22.5 Å². The molecule has 0 saturated heterocycles. The van der Waals surface area contributed by atoms with Crippen LogP contribution < -0.4 is 4.90 Å². The average Bonchev–Trinajstić information content (AvgIpc) is 3.38. The summed E-state index contributed by atoms with van der Waals surface area (Å²) in [6.45, 7) is 9.85. The van der Waals surface area contributed by atoms with Crippen molar-refractivity contribution in [3.63, 3.8) is 0 Å². The Morgan fingerprint density at radius 1 is 1.09 bits per heavy atom. The molecule has 0 aliphatic heterocycles. The molecule has 0 aliphatic carbocycles. The number of hydrogen-bond acceptors (Lipinski definition) is 5. The fraction of sp³-hybridized carbons (Fsp3) is 0.240. The standard InChI is InChI=1S/C25H26N4OS2/c1-16-12-18(3)23(19(4)13-16)29(20(5)30)25-27-21(15-32-25)14-31-24-26-10-11-28(24)22-9-7-6-8-17(22)2/h6-13,15H,14H2,1-5H3. The summed E-state index contributed by atoms with van der Waals surface area (Å²) < 4.78 is 2.11. The van der Waals surface area contributed by atoms with E-state index in [1.807, 2.05) is 43.8 Å². The van der Waals surface area contributed by atoms with Crippen molar-refractivity contribution >= 4 is 39.8 Å². The number of aryl methyl sites for hydroxylation is 4. The quantitative estimate of drug-likeness (QED) is 0.305. The number of aromatic nitrogens is 3. The third kappa shape index (κ3) is 4.49. The van der Waals surface area contributed by atoms with Gasteiger partial charge in [-0.25, -0.2) is 9.97 Å². The lowest BCUT2D eigenvalue weighted by Gasteiger charge is -2.23. The molecule has 1 amide bonds. The van der Waals surface area contributed by atoms with Gasteiger partial charge in [0.1, 0.15) is 0 Å². The molecule has 0 fully saturated rings. The van der Waals surface area contributed by atoms with Crippen molar-refractivity contribution < 1.29 is 4.79 Å². The van der Waals surface area contributed by atoms with Crippen LogP contribution in [0, 0.1) is 27.7 Å². The number of para-hydroxylation sites is 1. The number of benzene rings is 2. The Labute approximate surface area is 197 Å². The molecule has 2 heterocycles. The number of thioether (sulfide) groups is 1. The number of nitrogens with zero attached hydrogens (tertiary/aromatic N) is 4. The van der Waals surface area contributed by atoms with Crippen LogP contribution in [0.2, 0.25) is 0 Å². The van der Waals surface area contributed by atoms with Crippen LogP contribution in [0.15, 0.2) is 59.3 Å². The lowest BCUT2D eigenvalue weighted by molar-refractivity contribution is -0.115. The molecule has 2 aromatic carbocycles. The zero-order valence-corrected chi connectivity index (χ0v) is 20.5. The Bertz CT molecular complexity index is 1250. The molecule has 0 unspecified atom stereocenters. The smallest absolute Gasteiger partial charge is 0.230 e. The van der Waals surface area contributed by atoms with Gasteiger partial charge in [-0.3, -0.25) is 14.3 Å². The molecule has 0 saturated carbocycles. The number of thiazole rings is 1. The summed E-state index contributed by atoms with van der Waals surface area (Å²) in [4.78, 5) is 23.7. The van der Waals surface area contributed by atoms with E-state index in [1.54, 1.807) is 23.6 Å². The molecule has 7 heteroatoms. The Morgan fingerprint density at radius 3 is 2.50 bits per heavy atom. The molecule has 0 bridgehead atoms. The highest BCUT2D eigenvalue weighted by Gasteiger charge is 2.22. The van der Waals surface area contributed by atoms with E-state index >= 15 is 0 Å². The largest absolute Gasteiger partial charge is 0.295 e. The number of amides is 1. The van der Waals surface area contributed by atoms with Crippen LogP contribution in [-0.2, 0) is 10.5 Å². The molecule has 2 aromatic heterocycles. The second-order valence-corrected chi connectivity index (χ2v) is 9.66. The third-order valence-electron chi connectivity index (χ3n) is 5.24. The minimum absolute atomic E-state index is 0.0382. The molecular weight excluding hydrogens is 436 g/mol. The molecular formula is C25H26N4OS2. The van der Waals surface area contributed by atoms with Gasteiger partial charge in [0, 0.05) is 30.5 Å². The zero-order chi connectivity index (χ0) is 22.8. The Balaban J connectivity index is 1.57. The van der Waals surface area contributed by atoms with Gasteiger partial charge in [-0.2, -0.15) is 0 Å². The summed E-state index contributed by atoms with van der Waals surface area (Å²) >= 11 is 3.14. The summed E-state index contributed by atoms with van der Waals surface area (Å²) in [6, 6.07) is 12.5. The number of carbonyl (C=O) groups is 1. The van der Waals surface area contributed by atoms with Gasteiger partial charge in [0.2, 0.25) is 5.91 Å². The number of imidazole rings is 1. The van der Waals surface area contributed by atoms with Gasteiger partial charge in [0.25, 0.3) is 0 Å². The molecule has 5 nitrogen and oxygen atoms in total. The minimum atomic E-state index is -0.0382. The fourth-order valence-corrected chi connectivity index (χ4v) is 5.77. The van der Waals surface area contributed by atoms with Crippen LogP contribution in [0.5, 0.6) is 0 Å². The predicted octanol–water partition coefficient (Wildman–Crippen LogP) is 6.54. The van der Waals surface area contributed by atoms with Crippen molar-refractivity contribution in [2.24, 2.45) is 0 Å². The molecule has 0 atom stereocenters. The monoisotopic (exact) mass is 462 g/mol. The minimum Gasteiger partial charge on any atom is -0.295 e. The Hall–Kier alpha value is -2.90. The van der Waals surface area contributed by atoms with Crippen LogP contribution in [-0.4, -0.2) is 20.4 Å². The van der Waals surface area contributed by atoms with E-state index in [2.05, 4.69) is 47.7 Å². The Morgan fingerprint density at radius 2 is 1.81 bits per heavy atom. The van der Waals surface area contributed by atoms with Gasteiger partial charge in [0.15, 0.2) is 10.3 Å². The first kappa shape index (κ1) is 22.3. The molecule has 0 radical (unpaired) electrons. The van der Waals surface area contributed by atoms with Crippen LogP contribution in [0.25, 0.3) is 5.69 Å². The van der Waals surface area contributed by atoms with Crippen LogP contribution in [0.3, 0.4) is 0 Å². The molecule has 0 N–H and O–H groups in total. The van der Waals surface area contributed by atoms with Crippen molar-refractivity contribution in [3.8, 4) is 5.69 Å². The summed E-state index contributed by atoms with van der Waals surface area (Å²) in [6.07, 6.45) is 3.80. The summed E-state index contributed by atoms with van der Waals surface area (Å²) in [5, 5.41) is 3.64. The number of rotatable bonds is 6. The van der Waals surface area contributed by atoms with E-state index in [0.717, 1.165) is 33.4 Å². The van der Waals surface area contributed by atoms with Gasteiger partial charge in [-0.05, 0) is 50.5 Å². The molecule has 164 valence electrons. The summed E-state index contributed by atoms with van der Waals surface area (Å²) in [5.74, 6) is 0.639. The van der Waals surface area contributed by atoms with Gasteiger partial charge >= 0.3 is 0 Å². The molecule has 0 spiro atoms. The molecule has 32 heavy (non-hydrogen) atoms. The maximum atomic E-state index is 12.6. The van der Waals surface area contributed by atoms with E-state index in [0.29, 0.717) is 10.9 Å². The summed E-state index contributed by atoms with van der Waals surface area (Å²) in [7, 11) is 0. The maximum Gasteiger partial charge on any atom is 0.230 e. The second kappa shape index (κ2) is 9.30. The van der Waals surface area contributed by atoms with E-state index in [9.17, 15) is 4.79 Å². The van der Waals surface area contributed by atoms with Crippen LogP contribution in [0.1, 0.15) is 34.9 Å². The predicted molar refractivity (Wildman–Crippen MR) is 133 cm³/mol. The first-order chi connectivity index (χ1) is 15.3. The second-order valence-electron chi connectivity index (χ2n) is 7.88. The van der Waals surface area contributed by atoms with Gasteiger partial charge in [-0.1, -0.05) is 47.7 Å². The number of anilines is 2. The van der Waals surface area contributed by atoms with Crippen LogP contribution in [0.4, 0.5) is 10.8 Å². The highest BCUT2D eigenvalue weighted by atomic mass is 32.2. The normalized spacial score (nSPS) is 11.0. The van der Waals surface area contributed by atoms with Crippen molar-refractivity contribution in [2.75, 3.05) is 4.90 Å². The zero-order valence-electron chi connectivity index (χ0n) is 18.9. The lowest BCUT2D eigenvalue weighted by Crippen LogP contribution is -2.24. The first-order valence-corrected chi connectivity index (χ1v) is 12.3. The van der Waals surface area contributed by atoms with Gasteiger partial charge in [-0.15, -0.1) is 11.3 Å². The summed E-state index contributed by atoms with van der Waals surface area (Å²) in [5.41, 5.74) is 7.51. The Kier molecular flexibility index (Phi) is 6.48. The van der Waals surface area contributed by atoms with Gasteiger partial charge < -0.3 is 0 Å². The van der Waals surface area contributed by atoms with E-state index in [-0.39, 0.29) is 5.91 Å². The molecule has 0 aliphatic rings. The first-order valence-electron chi connectivity index (χ1n) is 10.4. The van der Waals surface area contributed by atoms with Crippen LogP contribution >= 0.6 is 23.1 Å². The SMILES string of the molecule is CC(=O)N(c1nc(CSc2nccn2-c2ccccc2C)cs1)c1c(C)cc(C)cc1C. The van der Waals surface area contributed by atoms with Crippen molar-refractivity contribution in [1.29, 1.82) is 0 Å². The highest BCUT2D eigenvalue weighted by molar-refractivity contribution is 7.98. The maximum absolute atomic E-state index is 12.6. The molecule has 4 rings (SSSR count). The lowest BCUT2D eigenvalue weighted by atomic mass is 10.0. The van der Waals surface area contributed by atoms with Gasteiger partial charge in [0.05, 0.1) is 17.1 Å². The topological polar surface area (TPSA) is 51.0 Å². The average molecular weight is 463 g/mol.